The van der Waals surface area contributed by atoms with Gasteiger partial charge >= 0.3 is 0 Å². The van der Waals surface area contributed by atoms with E-state index in [0.717, 1.165) is 51.6 Å². The van der Waals surface area contributed by atoms with Gasteiger partial charge in [0.25, 0.3) is 0 Å². The number of likely N-dealkylation sites (tertiary alicyclic amines) is 1. The van der Waals surface area contributed by atoms with Crippen molar-refractivity contribution in [3.63, 3.8) is 0 Å². The second kappa shape index (κ2) is 5.80. The lowest BCUT2D eigenvalue weighted by atomic mass is 9.94. The van der Waals surface area contributed by atoms with Gasteiger partial charge in [-0.3, -0.25) is 4.79 Å². The molecule has 0 radical (unpaired) electrons. The first kappa shape index (κ1) is 14.8. The van der Waals surface area contributed by atoms with Crippen LogP contribution in [0.4, 0.5) is 0 Å². The summed E-state index contributed by atoms with van der Waals surface area (Å²) in [4.78, 5) is 17.0. The minimum atomic E-state index is -0.566. The van der Waals surface area contributed by atoms with Gasteiger partial charge in [-0.05, 0) is 39.5 Å². The molecule has 2 fully saturated rings. The van der Waals surface area contributed by atoms with E-state index in [4.69, 9.17) is 5.73 Å². The Hall–Kier alpha value is -0.610. The number of carbonyl (C=O) groups is 1. The number of carbonyl (C=O) groups excluding carboxylic acids is 1. The first-order valence-corrected chi connectivity index (χ1v) is 7.74. The standard InChI is InChI=1S/C15H29N3O/c1-12(2)18-10-6-13(7-11-18)17(3)14(19)15(16)8-4-5-9-15/h12-13H,4-11,16H2,1-3H3. The summed E-state index contributed by atoms with van der Waals surface area (Å²) in [6.07, 6.45) is 6.08. The van der Waals surface area contributed by atoms with E-state index in [-0.39, 0.29) is 5.91 Å². The molecule has 4 heteroatoms. The fraction of sp³-hybridized carbons (Fsp3) is 0.933. The predicted molar refractivity (Wildman–Crippen MR) is 77.9 cm³/mol. The smallest absolute Gasteiger partial charge is 0.242 e. The molecule has 0 atom stereocenters. The Labute approximate surface area is 117 Å². The van der Waals surface area contributed by atoms with Gasteiger partial charge in [-0.2, -0.15) is 0 Å². The van der Waals surface area contributed by atoms with Crippen molar-refractivity contribution < 1.29 is 4.79 Å². The van der Waals surface area contributed by atoms with Crippen LogP contribution in [-0.4, -0.2) is 53.5 Å². The third-order valence-electron chi connectivity index (χ3n) is 5.02. The van der Waals surface area contributed by atoms with Crippen LogP contribution in [-0.2, 0) is 4.79 Å². The van der Waals surface area contributed by atoms with E-state index >= 15 is 0 Å². The lowest BCUT2D eigenvalue weighted by Crippen LogP contribution is -2.57. The Morgan fingerprint density at radius 3 is 2.26 bits per heavy atom. The number of nitrogens with zero attached hydrogens (tertiary/aromatic N) is 2. The van der Waals surface area contributed by atoms with Crippen LogP contribution in [0.25, 0.3) is 0 Å². The molecule has 2 aliphatic rings. The molecule has 1 aliphatic carbocycles. The van der Waals surface area contributed by atoms with Gasteiger partial charge in [0.05, 0.1) is 5.54 Å². The molecule has 0 aromatic heterocycles. The average molecular weight is 267 g/mol. The summed E-state index contributed by atoms with van der Waals surface area (Å²) >= 11 is 0. The number of hydrogen-bond donors (Lipinski definition) is 1. The van der Waals surface area contributed by atoms with Crippen LogP contribution in [0.15, 0.2) is 0 Å². The molecule has 4 nitrogen and oxygen atoms in total. The van der Waals surface area contributed by atoms with Gasteiger partial charge in [-0.15, -0.1) is 0 Å². The summed E-state index contributed by atoms with van der Waals surface area (Å²) in [6, 6.07) is 0.987. The quantitative estimate of drug-likeness (QED) is 0.845. The zero-order valence-electron chi connectivity index (χ0n) is 12.7. The second-order valence-corrected chi connectivity index (χ2v) is 6.64. The van der Waals surface area contributed by atoms with Crippen molar-refractivity contribution in [2.45, 2.75) is 70.0 Å². The van der Waals surface area contributed by atoms with E-state index in [0.29, 0.717) is 12.1 Å². The zero-order valence-corrected chi connectivity index (χ0v) is 12.7. The highest BCUT2D eigenvalue weighted by atomic mass is 16.2. The fourth-order valence-corrected chi connectivity index (χ4v) is 3.53. The van der Waals surface area contributed by atoms with Gasteiger partial charge in [0, 0.05) is 32.2 Å². The van der Waals surface area contributed by atoms with E-state index in [1.165, 1.54) is 0 Å². The molecule has 0 unspecified atom stereocenters. The van der Waals surface area contributed by atoms with Gasteiger partial charge in [0.2, 0.25) is 5.91 Å². The Kier molecular flexibility index (Phi) is 4.51. The molecule has 19 heavy (non-hydrogen) atoms. The lowest BCUT2D eigenvalue weighted by molar-refractivity contribution is -0.138. The highest BCUT2D eigenvalue weighted by Gasteiger charge is 2.41. The zero-order chi connectivity index (χ0) is 14.0. The Morgan fingerprint density at radius 2 is 1.79 bits per heavy atom. The number of hydrogen-bond acceptors (Lipinski definition) is 3. The molecule has 1 heterocycles. The molecule has 0 aromatic carbocycles. The minimum Gasteiger partial charge on any atom is -0.341 e. The Balaban J connectivity index is 1.90. The van der Waals surface area contributed by atoms with Gasteiger partial charge < -0.3 is 15.5 Å². The highest BCUT2D eigenvalue weighted by molar-refractivity contribution is 5.86. The van der Waals surface area contributed by atoms with Crippen LogP contribution in [0.5, 0.6) is 0 Å². The van der Waals surface area contributed by atoms with E-state index in [2.05, 4.69) is 18.7 Å². The van der Waals surface area contributed by atoms with Crippen LogP contribution in [0.3, 0.4) is 0 Å². The monoisotopic (exact) mass is 267 g/mol. The number of rotatable bonds is 3. The van der Waals surface area contributed by atoms with Crippen LogP contribution in [0.1, 0.15) is 52.4 Å². The number of piperidine rings is 1. The molecular formula is C15H29N3O. The molecule has 110 valence electrons. The largest absolute Gasteiger partial charge is 0.341 e. The lowest BCUT2D eigenvalue weighted by Gasteiger charge is -2.40. The molecule has 1 saturated carbocycles. The molecule has 1 amide bonds. The van der Waals surface area contributed by atoms with Crippen LogP contribution >= 0.6 is 0 Å². The van der Waals surface area contributed by atoms with Crippen LogP contribution in [0.2, 0.25) is 0 Å². The van der Waals surface area contributed by atoms with Crippen molar-refractivity contribution in [3.8, 4) is 0 Å². The third-order valence-corrected chi connectivity index (χ3v) is 5.02. The van der Waals surface area contributed by atoms with Crippen molar-refractivity contribution >= 4 is 5.91 Å². The average Bonchev–Trinajstić information content (AvgIpc) is 2.85. The third kappa shape index (κ3) is 3.11. The topological polar surface area (TPSA) is 49.6 Å². The maximum Gasteiger partial charge on any atom is 0.242 e. The highest BCUT2D eigenvalue weighted by Crippen LogP contribution is 2.30. The first-order valence-electron chi connectivity index (χ1n) is 7.74. The molecule has 2 N–H and O–H groups in total. The maximum atomic E-state index is 12.6. The van der Waals surface area contributed by atoms with Gasteiger partial charge in [-0.25, -0.2) is 0 Å². The summed E-state index contributed by atoms with van der Waals surface area (Å²) in [5.74, 6) is 0.174. The number of likely N-dealkylation sites (N-methyl/N-ethyl adjacent to an activating group) is 1. The summed E-state index contributed by atoms with van der Waals surface area (Å²) in [5, 5.41) is 0. The second-order valence-electron chi connectivity index (χ2n) is 6.64. The van der Waals surface area contributed by atoms with Crippen molar-refractivity contribution in [1.29, 1.82) is 0 Å². The van der Waals surface area contributed by atoms with Gasteiger partial charge in [0.1, 0.15) is 0 Å². The Morgan fingerprint density at radius 1 is 1.26 bits per heavy atom. The van der Waals surface area contributed by atoms with E-state index in [1.54, 1.807) is 0 Å². The molecule has 0 spiro atoms. The normalized spacial score (nSPS) is 24.9. The van der Waals surface area contributed by atoms with Crippen molar-refractivity contribution in [3.05, 3.63) is 0 Å². The number of amides is 1. The molecule has 1 saturated heterocycles. The van der Waals surface area contributed by atoms with E-state index in [1.807, 2.05) is 11.9 Å². The molecule has 0 bridgehead atoms. The summed E-state index contributed by atoms with van der Waals surface area (Å²) in [6.45, 7) is 6.67. The van der Waals surface area contributed by atoms with Gasteiger partial charge in [0.15, 0.2) is 0 Å². The molecular weight excluding hydrogens is 238 g/mol. The van der Waals surface area contributed by atoms with E-state index in [9.17, 15) is 4.79 Å². The van der Waals surface area contributed by atoms with Crippen molar-refractivity contribution in [2.24, 2.45) is 5.73 Å². The minimum absolute atomic E-state index is 0.174. The predicted octanol–water partition coefficient (Wildman–Crippen LogP) is 1.59. The Bertz CT molecular complexity index is 315. The summed E-state index contributed by atoms with van der Waals surface area (Å²) < 4.78 is 0. The fourth-order valence-electron chi connectivity index (χ4n) is 3.53. The van der Waals surface area contributed by atoms with Crippen LogP contribution in [0, 0.1) is 0 Å². The maximum absolute atomic E-state index is 12.6. The first-order chi connectivity index (χ1) is 8.94. The van der Waals surface area contributed by atoms with Gasteiger partial charge in [-0.1, -0.05) is 12.8 Å². The van der Waals surface area contributed by atoms with E-state index < -0.39 is 5.54 Å². The van der Waals surface area contributed by atoms with Crippen molar-refractivity contribution in [1.82, 2.24) is 9.80 Å². The number of nitrogens with two attached hydrogens (primary N) is 1. The van der Waals surface area contributed by atoms with Crippen molar-refractivity contribution in [2.75, 3.05) is 20.1 Å². The molecule has 1 aliphatic heterocycles. The summed E-state index contributed by atoms with van der Waals surface area (Å²) in [7, 11) is 1.95. The molecule has 0 aromatic rings. The summed E-state index contributed by atoms with van der Waals surface area (Å²) in [5.41, 5.74) is 5.72. The SMILES string of the molecule is CC(C)N1CCC(N(C)C(=O)C2(N)CCCC2)CC1. The molecule has 2 rings (SSSR count). The van der Waals surface area contributed by atoms with Crippen LogP contribution < -0.4 is 5.73 Å².